The Morgan fingerprint density at radius 1 is 1.24 bits per heavy atom. The molecule has 0 bridgehead atoms. The van der Waals surface area contributed by atoms with Gasteiger partial charge in [-0.1, -0.05) is 41.9 Å². The normalized spacial score (nSPS) is 18.1. The Labute approximate surface area is 106 Å². The molecule has 1 aromatic carbocycles. The minimum Gasteiger partial charge on any atom is -0.259 e. The summed E-state index contributed by atoms with van der Waals surface area (Å²) < 4.78 is 0. The van der Waals surface area contributed by atoms with Gasteiger partial charge in [0.2, 0.25) is 0 Å². The van der Waals surface area contributed by atoms with Crippen molar-refractivity contribution >= 4 is 11.6 Å². The summed E-state index contributed by atoms with van der Waals surface area (Å²) in [7, 11) is 0. The molecule has 17 heavy (non-hydrogen) atoms. The molecule has 2 aromatic rings. The number of hydrogen-bond acceptors (Lipinski definition) is 1. The van der Waals surface area contributed by atoms with E-state index < -0.39 is 0 Å². The molecule has 3 rings (SSSR count). The lowest BCUT2D eigenvalue weighted by atomic mass is 9.97. The van der Waals surface area contributed by atoms with Crippen molar-refractivity contribution in [2.75, 3.05) is 0 Å². The SMILES string of the molecule is Clc1cnc2c(c1)CC[C@H]2Cc1ccccc1. The van der Waals surface area contributed by atoms with Crippen LogP contribution in [0, 0.1) is 0 Å². The molecule has 0 spiro atoms. The number of pyridine rings is 1. The lowest BCUT2D eigenvalue weighted by Crippen LogP contribution is -2.00. The van der Waals surface area contributed by atoms with Gasteiger partial charge in [0.05, 0.1) is 5.02 Å². The number of benzene rings is 1. The quantitative estimate of drug-likeness (QED) is 0.777. The molecule has 0 N–H and O–H groups in total. The molecule has 2 heteroatoms. The fourth-order valence-corrected chi connectivity index (χ4v) is 2.80. The van der Waals surface area contributed by atoms with Crippen LogP contribution in [0.1, 0.15) is 29.2 Å². The highest BCUT2D eigenvalue weighted by Gasteiger charge is 2.24. The molecule has 1 heterocycles. The molecule has 0 saturated carbocycles. The molecule has 1 aromatic heterocycles. The molecule has 0 fully saturated rings. The maximum atomic E-state index is 5.97. The highest BCUT2D eigenvalue weighted by atomic mass is 35.5. The van der Waals surface area contributed by atoms with Crippen LogP contribution in [0.4, 0.5) is 0 Å². The lowest BCUT2D eigenvalue weighted by Gasteiger charge is -2.10. The van der Waals surface area contributed by atoms with E-state index in [0.717, 1.165) is 17.9 Å². The van der Waals surface area contributed by atoms with E-state index in [9.17, 15) is 0 Å². The van der Waals surface area contributed by atoms with E-state index >= 15 is 0 Å². The van der Waals surface area contributed by atoms with Crippen LogP contribution in [0.2, 0.25) is 5.02 Å². The predicted octanol–water partition coefficient (Wildman–Crippen LogP) is 4.01. The number of hydrogen-bond donors (Lipinski definition) is 0. The molecule has 1 aliphatic carbocycles. The summed E-state index contributed by atoms with van der Waals surface area (Å²) in [5.41, 5.74) is 3.97. The summed E-state index contributed by atoms with van der Waals surface area (Å²) in [6.45, 7) is 0. The zero-order valence-corrected chi connectivity index (χ0v) is 10.3. The van der Waals surface area contributed by atoms with Crippen LogP contribution in [0.25, 0.3) is 0 Å². The number of aromatic nitrogens is 1. The monoisotopic (exact) mass is 243 g/mol. The highest BCUT2D eigenvalue weighted by molar-refractivity contribution is 6.30. The minimum absolute atomic E-state index is 0.560. The van der Waals surface area contributed by atoms with Crippen LogP contribution in [-0.2, 0) is 12.8 Å². The van der Waals surface area contributed by atoms with Gasteiger partial charge in [0, 0.05) is 17.8 Å². The van der Waals surface area contributed by atoms with Crippen LogP contribution in [0.15, 0.2) is 42.6 Å². The van der Waals surface area contributed by atoms with Crippen molar-refractivity contribution in [2.45, 2.75) is 25.2 Å². The van der Waals surface area contributed by atoms with Crippen molar-refractivity contribution in [1.82, 2.24) is 4.98 Å². The van der Waals surface area contributed by atoms with Gasteiger partial charge in [-0.2, -0.15) is 0 Å². The van der Waals surface area contributed by atoms with Crippen molar-refractivity contribution in [1.29, 1.82) is 0 Å². The van der Waals surface area contributed by atoms with Crippen LogP contribution in [-0.4, -0.2) is 4.98 Å². The van der Waals surface area contributed by atoms with E-state index in [1.807, 2.05) is 0 Å². The van der Waals surface area contributed by atoms with Gasteiger partial charge in [0.25, 0.3) is 0 Å². The van der Waals surface area contributed by atoms with E-state index in [1.165, 1.54) is 23.2 Å². The highest BCUT2D eigenvalue weighted by Crippen LogP contribution is 2.34. The first-order chi connectivity index (χ1) is 8.33. The zero-order valence-electron chi connectivity index (χ0n) is 9.57. The Hall–Kier alpha value is -1.34. The van der Waals surface area contributed by atoms with Crippen LogP contribution < -0.4 is 0 Å². The fourth-order valence-electron chi connectivity index (χ4n) is 2.62. The smallest absolute Gasteiger partial charge is 0.0592 e. The first-order valence-electron chi connectivity index (χ1n) is 6.01. The third kappa shape index (κ3) is 2.20. The summed E-state index contributed by atoms with van der Waals surface area (Å²) in [5.74, 6) is 0.560. The van der Waals surface area contributed by atoms with Gasteiger partial charge in [-0.05, 0) is 36.5 Å². The van der Waals surface area contributed by atoms with Gasteiger partial charge < -0.3 is 0 Å². The maximum Gasteiger partial charge on any atom is 0.0592 e. The molecular formula is C15H14ClN. The average molecular weight is 244 g/mol. The van der Waals surface area contributed by atoms with Crippen molar-refractivity contribution in [3.8, 4) is 0 Å². The molecular weight excluding hydrogens is 230 g/mol. The van der Waals surface area contributed by atoms with Crippen LogP contribution >= 0.6 is 11.6 Å². The number of fused-ring (bicyclic) bond motifs is 1. The summed E-state index contributed by atoms with van der Waals surface area (Å²) in [4.78, 5) is 4.50. The third-order valence-electron chi connectivity index (χ3n) is 3.44. The Morgan fingerprint density at radius 2 is 2.06 bits per heavy atom. The van der Waals surface area contributed by atoms with Crippen LogP contribution in [0.5, 0.6) is 0 Å². The largest absolute Gasteiger partial charge is 0.259 e. The zero-order chi connectivity index (χ0) is 11.7. The van der Waals surface area contributed by atoms with Crippen molar-refractivity contribution in [3.05, 3.63) is 64.4 Å². The second-order valence-corrected chi connectivity index (χ2v) is 5.06. The fraction of sp³-hybridized carbons (Fsp3) is 0.267. The van der Waals surface area contributed by atoms with Gasteiger partial charge >= 0.3 is 0 Å². The second-order valence-electron chi connectivity index (χ2n) is 4.62. The number of rotatable bonds is 2. The summed E-state index contributed by atoms with van der Waals surface area (Å²) in [5, 5.41) is 0.754. The Morgan fingerprint density at radius 3 is 2.88 bits per heavy atom. The van der Waals surface area contributed by atoms with E-state index in [2.05, 4.69) is 41.4 Å². The molecule has 1 aliphatic rings. The summed E-state index contributed by atoms with van der Waals surface area (Å²) in [6.07, 6.45) is 5.16. The van der Waals surface area contributed by atoms with E-state index in [-0.39, 0.29) is 0 Å². The first kappa shape index (κ1) is 10.8. The molecule has 0 radical (unpaired) electrons. The van der Waals surface area contributed by atoms with Gasteiger partial charge in [0.1, 0.15) is 0 Å². The van der Waals surface area contributed by atoms with Gasteiger partial charge in [0.15, 0.2) is 0 Å². The maximum absolute atomic E-state index is 5.97. The molecule has 0 aliphatic heterocycles. The van der Waals surface area contributed by atoms with E-state index in [0.29, 0.717) is 5.92 Å². The predicted molar refractivity (Wildman–Crippen MR) is 70.5 cm³/mol. The summed E-state index contributed by atoms with van der Waals surface area (Å²) >= 11 is 5.97. The van der Waals surface area contributed by atoms with Crippen molar-refractivity contribution in [2.24, 2.45) is 0 Å². The average Bonchev–Trinajstić information content (AvgIpc) is 2.73. The van der Waals surface area contributed by atoms with Crippen molar-refractivity contribution < 1.29 is 0 Å². The molecule has 86 valence electrons. The molecule has 0 amide bonds. The second kappa shape index (κ2) is 4.50. The lowest BCUT2D eigenvalue weighted by molar-refractivity contribution is 0.660. The van der Waals surface area contributed by atoms with Crippen molar-refractivity contribution in [3.63, 3.8) is 0 Å². The first-order valence-corrected chi connectivity index (χ1v) is 6.39. The molecule has 1 nitrogen and oxygen atoms in total. The van der Waals surface area contributed by atoms with Gasteiger partial charge in [-0.15, -0.1) is 0 Å². The third-order valence-corrected chi connectivity index (χ3v) is 3.65. The van der Waals surface area contributed by atoms with Gasteiger partial charge in [-0.3, -0.25) is 4.98 Å². The Bertz CT molecular complexity index is 522. The number of aryl methyl sites for hydroxylation is 1. The summed E-state index contributed by atoms with van der Waals surface area (Å²) in [6, 6.07) is 12.7. The molecule has 0 saturated heterocycles. The number of halogens is 1. The van der Waals surface area contributed by atoms with E-state index in [4.69, 9.17) is 11.6 Å². The minimum atomic E-state index is 0.560. The molecule has 0 unspecified atom stereocenters. The molecule has 1 atom stereocenters. The van der Waals surface area contributed by atoms with E-state index in [1.54, 1.807) is 6.20 Å². The number of nitrogens with zero attached hydrogens (tertiary/aromatic N) is 1. The Balaban J connectivity index is 1.85. The standard InChI is InChI=1S/C15H14ClN/c16-14-9-13-7-6-12(15(13)17-10-14)8-11-4-2-1-3-5-11/h1-5,9-10,12H,6-8H2/t12-/m0/s1. The van der Waals surface area contributed by atoms with Gasteiger partial charge in [-0.25, -0.2) is 0 Å². The topological polar surface area (TPSA) is 12.9 Å². The Kier molecular flexibility index (Phi) is 2.86. The van der Waals surface area contributed by atoms with Crippen LogP contribution in [0.3, 0.4) is 0 Å².